The summed E-state index contributed by atoms with van der Waals surface area (Å²) in [6.07, 6.45) is 1.57. The van der Waals surface area contributed by atoms with Crippen molar-refractivity contribution in [1.82, 2.24) is 15.2 Å². The SMILES string of the molecule is CC(C)Oc1ccc(C2CNCCN2C(=O)OC(C)(C)C)cn1. The molecule has 1 saturated heterocycles. The van der Waals surface area contributed by atoms with Gasteiger partial charge in [0.1, 0.15) is 5.60 Å². The van der Waals surface area contributed by atoms with Crippen LogP contribution in [0.25, 0.3) is 0 Å². The number of aromatic nitrogens is 1. The second-order valence-corrected chi connectivity index (χ2v) is 6.99. The van der Waals surface area contributed by atoms with E-state index in [1.807, 2.05) is 46.8 Å². The number of amides is 1. The molecule has 6 nitrogen and oxygen atoms in total. The van der Waals surface area contributed by atoms with E-state index in [9.17, 15) is 4.79 Å². The summed E-state index contributed by atoms with van der Waals surface area (Å²) in [5.41, 5.74) is 0.471. The summed E-state index contributed by atoms with van der Waals surface area (Å²) in [5, 5.41) is 3.32. The third-order valence-electron chi connectivity index (χ3n) is 3.37. The number of ether oxygens (including phenoxy) is 2. The Hall–Kier alpha value is -1.82. The van der Waals surface area contributed by atoms with Crippen molar-refractivity contribution < 1.29 is 14.3 Å². The van der Waals surface area contributed by atoms with Crippen LogP contribution in [0.2, 0.25) is 0 Å². The van der Waals surface area contributed by atoms with Crippen molar-refractivity contribution in [2.75, 3.05) is 19.6 Å². The zero-order valence-corrected chi connectivity index (χ0v) is 14.6. The summed E-state index contributed by atoms with van der Waals surface area (Å²) >= 11 is 0. The number of pyridine rings is 1. The normalized spacial score (nSPS) is 18.9. The monoisotopic (exact) mass is 321 g/mol. The molecule has 0 aliphatic carbocycles. The van der Waals surface area contributed by atoms with Gasteiger partial charge in [-0.3, -0.25) is 4.90 Å². The maximum Gasteiger partial charge on any atom is 0.410 e. The predicted octanol–water partition coefficient (Wildman–Crippen LogP) is 2.75. The van der Waals surface area contributed by atoms with Crippen molar-refractivity contribution in [3.05, 3.63) is 23.9 Å². The van der Waals surface area contributed by atoms with Gasteiger partial charge in [-0.05, 0) is 46.2 Å². The molecule has 1 aromatic heterocycles. The highest BCUT2D eigenvalue weighted by atomic mass is 16.6. The number of carbonyl (C=O) groups is 1. The summed E-state index contributed by atoms with van der Waals surface area (Å²) in [7, 11) is 0. The van der Waals surface area contributed by atoms with Gasteiger partial charge in [0.2, 0.25) is 5.88 Å². The first-order chi connectivity index (χ1) is 10.8. The van der Waals surface area contributed by atoms with Crippen molar-refractivity contribution >= 4 is 6.09 Å². The maximum atomic E-state index is 12.4. The highest BCUT2D eigenvalue weighted by Gasteiger charge is 2.31. The maximum absolute atomic E-state index is 12.4. The van der Waals surface area contributed by atoms with Crippen molar-refractivity contribution in [3.63, 3.8) is 0 Å². The fraction of sp³-hybridized carbons (Fsp3) is 0.647. The van der Waals surface area contributed by atoms with E-state index in [0.29, 0.717) is 19.0 Å². The highest BCUT2D eigenvalue weighted by molar-refractivity contribution is 5.69. The number of piperazine rings is 1. The Morgan fingerprint density at radius 1 is 1.39 bits per heavy atom. The van der Waals surface area contributed by atoms with Gasteiger partial charge < -0.3 is 14.8 Å². The summed E-state index contributed by atoms with van der Waals surface area (Å²) in [4.78, 5) is 18.5. The van der Waals surface area contributed by atoms with Crippen LogP contribution in [0.15, 0.2) is 18.3 Å². The molecule has 6 heteroatoms. The zero-order chi connectivity index (χ0) is 17.0. The third kappa shape index (κ3) is 5.10. The number of nitrogens with one attached hydrogen (secondary N) is 1. The summed E-state index contributed by atoms with van der Waals surface area (Å²) in [5.74, 6) is 0.594. The Kier molecular flexibility index (Phi) is 5.46. The predicted molar refractivity (Wildman–Crippen MR) is 88.6 cm³/mol. The van der Waals surface area contributed by atoms with E-state index in [1.54, 1.807) is 11.1 Å². The molecule has 2 rings (SSSR count). The van der Waals surface area contributed by atoms with E-state index >= 15 is 0 Å². The lowest BCUT2D eigenvalue weighted by atomic mass is 10.1. The number of rotatable bonds is 3. The largest absolute Gasteiger partial charge is 0.475 e. The highest BCUT2D eigenvalue weighted by Crippen LogP contribution is 2.25. The van der Waals surface area contributed by atoms with E-state index in [2.05, 4.69) is 10.3 Å². The minimum absolute atomic E-state index is 0.0841. The van der Waals surface area contributed by atoms with Crippen LogP contribution in [0.3, 0.4) is 0 Å². The Labute approximate surface area is 138 Å². The van der Waals surface area contributed by atoms with Crippen LogP contribution in [0, 0.1) is 0 Å². The Morgan fingerprint density at radius 2 is 2.13 bits per heavy atom. The van der Waals surface area contributed by atoms with E-state index in [-0.39, 0.29) is 18.2 Å². The minimum atomic E-state index is -0.500. The van der Waals surface area contributed by atoms with Gasteiger partial charge in [-0.25, -0.2) is 9.78 Å². The van der Waals surface area contributed by atoms with Gasteiger partial charge in [-0.15, -0.1) is 0 Å². The van der Waals surface area contributed by atoms with Crippen LogP contribution in [0.1, 0.15) is 46.2 Å². The molecular weight excluding hydrogens is 294 g/mol. The molecule has 0 spiro atoms. The second-order valence-electron chi connectivity index (χ2n) is 6.99. The average molecular weight is 321 g/mol. The lowest BCUT2D eigenvalue weighted by Gasteiger charge is -2.37. The number of nitrogens with zero attached hydrogens (tertiary/aromatic N) is 2. The van der Waals surface area contributed by atoms with Gasteiger partial charge in [0, 0.05) is 31.9 Å². The van der Waals surface area contributed by atoms with Gasteiger partial charge in [0.05, 0.1) is 12.1 Å². The molecule has 2 heterocycles. The molecule has 128 valence electrons. The Balaban J connectivity index is 2.13. The number of hydrogen-bond acceptors (Lipinski definition) is 5. The molecule has 1 unspecified atom stereocenters. The molecule has 1 amide bonds. The van der Waals surface area contributed by atoms with E-state index in [4.69, 9.17) is 9.47 Å². The van der Waals surface area contributed by atoms with Crippen LogP contribution in [0.5, 0.6) is 5.88 Å². The van der Waals surface area contributed by atoms with Crippen molar-refractivity contribution in [2.24, 2.45) is 0 Å². The quantitative estimate of drug-likeness (QED) is 0.927. The van der Waals surface area contributed by atoms with Crippen molar-refractivity contribution in [3.8, 4) is 5.88 Å². The zero-order valence-electron chi connectivity index (χ0n) is 14.6. The lowest BCUT2D eigenvalue weighted by Crippen LogP contribution is -2.50. The molecule has 1 aliphatic rings. The Bertz CT molecular complexity index is 523. The molecule has 0 saturated carbocycles. The van der Waals surface area contributed by atoms with Crippen LogP contribution < -0.4 is 10.1 Å². The average Bonchev–Trinajstić information content (AvgIpc) is 2.46. The van der Waals surface area contributed by atoms with Gasteiger partial charge >= 0.3 is 6.09 Å². The molecule has 0 radical (unpaired) electrons. The summed E-state index contributed by atoms with van der Waals surface area (Å²) in [6, 6.07) is 3.72. The smallest absolute Gasteiger partial charge is 0.410 e. The summed E-state index contributed by atoms with van der Waals surface area (Å²) < 4.78 is 11.1. The van der Waals surface area contributed by atoms with Crippen LogP contribution in [0.4, 0.5) is 4.79 Å². The molecule has 1 aliphatic heterocycles. The molecule has 1 aromatic rings. The first kappa shape index (κ1) is 17.5. The summed E-state index contributed by atoms with van der Waals surface area (Å²) in [6.45, 7) is 11.6. The van der Waals surface area contributed by atoms with E-state index < -0.39 is 5.60 Å². The van der Waals surface area contributed by atoms with Crippen LogP contribution in [-0.2, 0) is 4.74 Å². The van der Waals surface area contributed by atoms with E-state index in [0.717, 1.165) is 12.1 Å². The lowest BCUT2D eigenvalue weighted by molar-refractivity contribution is 0.0117. The number of hydrogen-bond donors (Lipinski definition) is 1. The van der Waals surface area contributed by atoms with Crippen LogP contribution >= 0.6 is 0 Å². The molecule has 23 heavy (non-hydrogen) atoms. The van der Waals surface area contributed by atoms with Crippen molar-refractivity contribution in [1.29, 1.82) is 0 Å². The van der Waals surface area contributed by atoms with Gasteiger partial charge in [0.15, 0.2) is 0 Å². The first-order valence-corrected chi connectivity index (χ1v) is 8.09. The molecule has 0 bridgehead atoms. The topological polar surface area (TPSA) is 63.7 Å². The fourth-order valence-corrected chi connectivity index (χ4v) is 2.44. The first-order valence-electron chi connectivity index (χ1n) is 8.09. The van der Waals surface area contributed by atoms with Gasteiger partial charge in [-0.1, -0.05) is 0 Å². The molecule has 1 N–H and O–H groups in total. The molecule has 1 atom stereocenters. The standard InChI is InChI=1S/C17H27N3O3/c1-12(2)22-15-7-6-13(10-19-15)14-11-18-8-9-20(14)16(21)23-17(3,4)5/h6-7,10,12,14,18H,8-9,11H2,1-5H3. The number of carbonyl (C=O) groups excluding carboxylic acids is 1. The van der Waals surface area contributed by atoms with Gasteiger partial charge in [0.25, 0.3) is 0 Å². The van der Waals surface area contributed by atoms with Crippen LogP contribution in [-0.4, -0.2) is 47.3 Å². The fourth-order valence-electron chi connectivity index (χ4n) is 2.44. The Morgan fingerprint density at radius 3 is 2.70 bits per heavy atom. The van der Waals surface area contributed by atoms with Crippen molar-refractivity contribution in [2.45, 2.75) is 52.4 Å². The molecule has 0 aromatic carbocycles. The third-order valence-corrected chi connectivity index (χ3v) is 3.37. The van der Waals surface area contributed by atoms with Gasteiger partial charge in [-0.2, -0.15) is 0 Å². The molecular formula is C17H27N3O3. The minimum Gasteiger partial charge on any atom is -0.475 e. The second kappa shape index (κ2) is 7.17. The van der Waals surface area contributed by atoms with E-state index in [1.165, 1.54) is 0 Å². The molecule has 1 fully saturated rings.